The maximum absolute atomic E-state index is 14.2. The number of aryl methyl sites for hydroxylation is 1. The molecule has 2 aromatic carbocycles. The molecule has 5 heteroatoms. The van der Waals surface area contributed by atoms with E-state index in [4.69, 9.17) is 5.11 Å². The minimum Gasteiger partial charge on any atom is -0.481 e. The van der Waals surface area contributed by atoms with Gasteiger partial charge < -0.3 is 10.1 Å². The van der Waals surface area contributed by atoms with Crippen LogP contribution in [0.25, 0.3) is 11.4 Å². The number of nitrogens with zero attached hydrogens (tertiary/aromatic N) is 1. The topological polar surface area (TPSA) is 66.0 Å². The Balaban J connectivity index is 1.71. The number of carbonyl (C=O) groups is 1. The zero-order valence-electron chi connectivity index (χ0n) is 15.6. The fourth-order valence-corrected chi connectivity index (χ4v) is 4.32. The summed E-state index contributed by atoms with van der Waals surface area (Å²) in [5.41, 5.74) is 3.49. The van der Waals surface area contributed by atoms with Crippen molar-refractivity contribution in [1.29, 1.82) is 0 Å². The summed E-state index contributed by atoms with van der Waals surface area (Å²) in [6.07, 6.45) is 6.70. The van der Waals surface area contributed by atoms with E-state index in [0.29, 0.717) is 17.8 Å². The summed E-state index contributed by atoms with van der Waals surface area (Å²) in [5, 5.41) is 8.97. The van der Waals surface area contributed by atoms with Crippen molar-refractivity contribution in [3.8, 4) is 11.4 Å². The number of H-pyrrole nitrogens is 1. The lowest BCUT2D eigenvalue weighted by Crippen LogP contribution is -2.24. The first-order chi connectivity index (χ1) is 13.6. The first-order valence-corrected chi connectivity index (χ1v) is 9.70. The molecular weight excluding hydrogens is 355 g/mol. The highest BCUT2D eigenvalue weighted by atomic mass is 19.1. The lowest BCUT2D eigenvalue weighted by molar-refractivity contribution is -0.136. The Kier molecular flexibility index (Phi) is 4.99. The molecule has 1 aromatic heterocycles. The number of halogens is 1. The molecule has 0 spiro atoms. The molecule has 0 atom stereocenters. The van der Waals surface area contributed by atoms with E-state index in [0.717, 1.165) is 36.9 Å². The predicted octanol–water partition coefficient (Wildman–Crippen LogP) is 5.09. The zero-order valence-corrected chi connectivity index (χ0v) is 15.6. The van der Waals surface area contributed by atoms with Gasteiger partial charge in [0, 0.05) is 23.7 Å². The number of rotatable bonds is 6. The van der Waals surface area contributed by atoms with E-state index in [-0.39, 0.29) is 17.7 Å². The molecule has 28 heavy (non-hydrogen) atoms. The minimum atomic E-state index is -0.788. The molecule has 0 aliphatic heterocycles. The van der Waals surface area contributed by atoms with Gasteiger partial charge in [0.05, 0.1) is 5.56 Å². The van der Waals surface area contributed by atoms with Crippen LogP contribution in [0.1, 0.15) is 48.9 Å². The maximum Gasteiger partial charge on any atom is 0.303 e. The molecule has 3 aromatic rings. The average molecular weight is 378 g/mol. The molecule has 1 heterocycles. The SMILES string of the molecule is O=C(O)CCc1cccc(C2(c3cnc(-c4ccccc4F)[nH]3)CCCC2)c1. The smallest absolute Gasteiger partial charge is 0.303 e. The zero-order chi connectivity index (χ0) is 19.6. The van der Waals surface area contributed by atoms with Gasteiger partial charge in [-0.2, -0.15) is 0 Å². The molecule has 0 radical (unpaired) electrons. The molecule has 0 unspecified atom stereocenters. The second kappa shape index (κ2) is 7.58. The largest absolute Gasteiger partial charge is 0.481 e. The summed E-state index contributed by atoms with van der Waals surface area (Å²) in [6.45, 7) is 0. The van der Waals surface area contributed by atoms with Crippen molar-refractivity contribution >= 4 is 5.97 Å². The summed E-state index contributed by atoms with van der Waals surface area (Å²) in [5.74, 6) is -0.537. The summed E-state index contributed by atoms with van der Waals surface area (Å²) < 4.78 is 14.2. The van der Waals surface area contributed by atoms with Gasteiger partial charge in [0.25, 0.3) is 0 Å². The van der Waals surface area contributed by atoms with E-state index in [1.807, 2.05) is 18.3 Å². The molecule has 4 rings (SSSR count). The van der Waals surface area contributed by atoms with Gasteiger partial charge in [-0.15, -0.1) is 0 Å². The van der Waals surface area contributed by atoms with Crippen molar-refractivity contribution in [2.45, 2.75) is 43.9 Å². The van der Waals surface area contributed by atoms with E-state index in [2.05, 4.69) is 22.1 Å². The van der Waals surface area contributed by atoms with Gasteiger partial charge in [0.15, 0.2) is 0 Å². The molecule has 4 nitrogen and oxygen atoms in total. The van der Waals surface area contributed by atoms with E-state index in [9.17, 15) is 9.18 Å². The van der Waals surface area contributed by atoms with Gasteiger partial charge >= 0.3 is 5.97 Å². The summed E-state index contributed by atoms with van der Waals surface area (Å²) in [7, 11) is 0. The van der Waals surface area contributed by atoms with Crippen molar-refractivity contribution < 1.29 is 14.3 Å². The highest BCUT2D eigenvalue weighted by Gasteiger charge is 2.39. The van der Waals surface area contributed by atoms with Crippen molar-refractivity contribution in [3.05, 3.63) is 77.4 Å². The Morgan fingerprint density at radius 3 is 2.68 bits per heavy atom. The standard InChI is InChI=1S/C23H23FN2O2/c24-19-9-2-1-8-18(19)22-25-15-20(26-22)23(12-3-4-13-23)17-7-5-6-16(14-17)10-11-21(27)28/h1-2,5-9,14-15H,3-4,10-13H2,(H,25,26)(H,27,28). The van der Waals surface area contributed by atoms with Gasteiger partial charge in [-0.25, -0.2) is 9.37 Å². The van der Waals surface area contributed by atoms with Crippen LogP contribution in [-0.2, 0) is 16.6 Å². The van der Waals surface area contributed by atoms with Crippen LogP contribution in [0.15, 0.2) is 54.7 Å². The summed E-state index contributed by atoms with van der Waals surface area (Å²) in [4.78, 5) is 18.8. The quantitative estimate of drug-likeness (QED) is 0.628. The van der Waals surface area contributed by atoms with E-state index in [1.54, 1.807) is 18.2 Å². The summed E-state index contributed by atoms with van der Waals surface area (Å²) >= 11 is 0. The van der Waals surface area contributed by atoms with Gasteiger partial charge in [0.1, 0.15) is 11.6 Å². The molecule has 1 aliphatic carbocycles. The Morgan fingerprint density at radius 2 is 1.93 bits per heavy atom. The molecule has 0 amide bonds. The molecule has 0 bridgehead atoms. The number of hydrogen-bond acceptors (Lipinski definition) is 2. The van der Waals surface area contributed by atoms with Crippen LogP contribution in [0.2, 0.25) is 0 Å². The van der Waals surface area contributed by atoms with Crippen molar-refractivity contribution in [3.63, 3.8) is 0 Å². The number of carboxylic acid groups (broad SMARTS) is 1. The monoisotopic (exact) mass is 378 g/mol. The highest BCUT2D eigenvalue weighted by molar-refractivity contribution is 5.67. The number of hydrogen-bond donors (Lipinski definition) is 2. The molecule has 144 valence electrons. The Bertz CT molecular complexity index is 990. The first kappa shape index (κ1) is 18.4. The van der Waals surface area contributed by atoms with Crippen LogP contribution < -0.4 is 0 Å². The maximum atomic E-state index is 14.2. The molecule has 1 aliphatic rings. The first-order valence-electron chi connectivity index (χ1n) is 9.70. The molecule has 0 saturated heterocycles. The Hall–Kier alpha value is -2.95. The Morgan fingerprint density at radius 1 is 1.14 bits per heavy atom. The molecule has 1 saturated carbocycles. The normalized spacial score (nSPS) is 15.6. The summed E-state index contributed by atoms with van der Waals surface area (Å²) in [6, 6.07) is 14.9. The van der Waals surface area contributed by atoms with Gasteiger partial charge in [-0.3, -0.25) is 4.79 Å². The van der Waals surface area contributed by atoms with Crippen LogP contribution in [0.4, 0.5) is 4.39 Å². The van der Waals surface area contributed by atoms with Gasteiger partial charge in [-0.05, 0) is 42.5 Å². The van der Waals surface area contributed by atoms with Crippen LogP contribution in [-0.4, -0.2) is 21.0 Å². The van der Waals surface area contributed by atoms with E-state index in [1.165, 1.54) is 11.6 Å². The van der Waals surface area contributed by atoms with Gasteiger partial charge in [-0.1, -0.05) is 49.2 Å². The predicted molar refractivity (Wildman–Crippen MR) is 106 cm³/mol. The van der Waals surface area contributed by atoms with Crippen LogP contribution >= 0.6 is 0 Å². The average Bonchev–Trinajstić information content (AvgIpc) is 3.37. The van der Waals surface area contributed by atoms with Crippen LogP contribution in [0.5, 0.6) is 0 Å². The van der Waals surface area contributed by atoms with E-state index >= 15 is 0 Å². The molecular formula is C23H23FN2O2. The number of carboxylic acids is 1. The molecule has 2 N–H and O–H groups in total. The number of aliphatic carboxylic acids is 1. The van der Waals surface area contributed by atoms with Crippen LogP contribution in [0.3, 0.4) is 0 Å². The number of aromatic amines is 1. The third-order valence-electron chi connectivity index (χ3n) is 5.78. The fraction of sp³-hybridized carbons (Fsp3) is 0.304. The third kappa shape index (κ3) is 3.44. The lowest BCUT2D eigenvalue weighted by atomic mass is 9.76. The number of nitrogens with one attached hydrogen (secondary N) is 1. The number of aromatic nitrogens is 2. The van der Waals surface area contributed by atoms with Crippen molar-refractivity contribution in [2.75, 3.05) is 0 Å². The van der Waals surface area contributed by atoms with Crippen LogP contribution in [0, 0.1) is 5.82 Å². The lowest BCUT2D eigenvalue weighted by Gasteiger charge is -2.29. The second-order valence-corrected chi connectivity index (χ2v) is 7.51. The molecule has 1 fully saturated rings. The van der Waals surface area contributed by atoms with Gasteiger partial charge in [0.2, 0.25) is 0 Å². The fourth-order valence-electron chi connectivity index (χ4n) is 4.32. The highest BCUT2D eigenvalue weighted by Crippen LogP contribution is 2.46. The number of benzene rings is 2. The van der Waals surface area contributed by atoms with E-state index < -0.39 is 5.97 Å². The Labute approximate surface area is 163 Å². The second-order valence-electron chi connectivity index (χ2n) is 7.51. The van der Waals surface area contributed by atoms with Crippen molar-refractivity contribution in [2.24, 2.45) is 0 Å². The number of imidazole rings is 1. The van der Waals surface area contributed by atoms with Crippen molar-refractivity contribution in [1.82, 2.24) is 9.97 Å². The third-order valence-corrected chi connectivity index (χ3v) is 5.78. The minimum absolute atomic E-state index is 0.123.